The van der Waals surface area contributed by atoms with Gasteiger partial charge in [0.1, 0.15) is 54.4 Å². The quantitative estimate of drug-likeness (QED) is 0.0369. The third-order valence-electron chi connectivity index (χ3n) is 13.4. The van der Waals surface area contributed by atoms with Gasteiger partial charge in [-0.3, -0.25) is 47.9 Å². The van der Waals surface area contributed by atoms with Crippen molar-refractivity contribution in [2.45, 2.75) is 204 Å². The molecule has 0 bridgehead atoms. The number of rotatable bonds is 28. The minimum Gasteiger partial charge on any atom is -0.391 e. The van der Waals surface area contributed by atoms with Crippen LogP contribution in [0.2, 0.25) is 0 Å². The predicted molar refractivity (Wildman–Crippen MR) is 300 cm³/mol. The second-order valence-electron chi connectivity index (χ2n) is 20.9. The highest BCUT2D eigenvalue weighted by atomic mass is 16.3. The van der Waals surface area contributed by atoms with Gasteiger partial charge in [-0.25, -0.2) is 0 Å². The lowest BCUT2D eigenvalue weighted by atomic mass is 10.00. The zero-order valence-electron chi connectivity index (χ0n) is 47.5. The van der Waals surface area contributed by atoms with E-state index in [4.69, 9.17) is 22.9 Å². The van der Waals surface area contributed by atoms with E-state index in [9.17, 15) is 58.2 Å². The first-order chi connectivity index (χ1) is 38.1. The minimum atomic E-state index is -1.66. The molecule has 0 spiro atoms. The largest absolute Gasteiger partial charge is 0.391 e. The van der Waals surface area contributed by atoms with Crippen LogP contribution in [0.1, 0.15) is 136 Å². The molecule has 1 saturated heterocycles. The zero-order valence-corrected chi connectivity index (χ0v) is 47.5. The average Bonchev–Trinajstić information content (AvgIpc) is 3.40. The SMILES string of the molecule is CCCCCCCCCCC(=O)N[C@H](C(=O)N[C@@H](CCN)C(=O)N[C@H]1CCNC(=O)[C@H]([C@@H](C)O)NC(=O)[C@H](CCN)NC(=O)[C@H](CCN)NC(=O)[C@H](CC(C)C)NC(=O)[C@@H](Cc2ccccc2)NC(=O)[C@H](CCN)NC1=O)[C@@H](C)O. The molecular formula is C54H94N14O12. The fraction of sp³-hybridized carbons (Fsp3) is 0.704. The van der Waals surface area contributed by atoms with Gasteiger partial charge in [-0.05, 0) is 96.5 Å². The van der Waals surface area contributed by atoms with Crippen molar-refractivity contribution in [1.29, 1.82) is 0 Å². The lowest BCUT2D eigenvalue weighted by Crippen LogP contribution is -2.61. The first-order valence-corrected chi connectivity index (χ1v) is 28.3. The Bertz CT molecular complexity index is 2120. The van der Waals surface area contributed by atoms with E-state index < -0.39 is 139 Å². The summed E-state index contributed by atoms with van der Waals surface area (Å²) >= 11 is 0. The smallest absolute Gasteiger partial charge is 0.245 e. The molecule has 80 heavy (non-hydrogen) atoms. The third-order valence-corrected chi connectivity index (χ3v) is 13.4. The maximum absolute atomic E-state index is 14.5. The van der Waals surface area contributed by atoms with Gasteiger partial charge in [-0.2, -0.15) is 0 Å². The van der Waals surface area contributed by atoms with Crippen molar-refractivity contribution in [3.63, 3.8) is 0 Å². The summed E-state index contributed by atoms with van der Waals surface area (Å²) in [7, 11) is 0. The van der Waals surface area contributed by atoms with E-state index in [2.05, 4.69) is 60.1 Å². The number of amides is 10. The maximum Gasteiger partial charge on any atom is 0.245 e. The van der Waals surface area contributed by atoms with Gasteiger partial charge in [0, 0.05) is 19.4 Å². The number of unbranched alkanes of at least 4 members (excludes halogenated alkanes) is 7. The summed E-state index contributed by atoms with van der Waals surface area (Å²) in [6.07, 6.45) is 3.97. The lowest BCUT2D eigenvalue weighted by Gasteiger charge is -2.28. The van der Waals surface area contributed by atoms with E-state index in [-0.39, 0.29) is 77.0 Å². The molecule has 1 aliphatic heterocycles. The summed E-state index contributed by atoms with van der Waals surface area (Å²) in [5.74, 6) is -8.77. The fourth-order valence-corrected chi connectivity index (χ4v) is 8.85. The molecule has 1 aliphatic rings. The van der Waals surface area contributed by atoms with Crippen LogP contribution in [0.25, 0.3) is 0 Å². The van der Waals surface area contributed by atoms with Crippen LogP contribution in [-0.2, 0) is 54.4 Å². The van der Waals surface area contributed by atoms with Gasteiger partial charge in [0.25, 0.3) is 0 Å². The molecule has 1 fully saturated rings. The van der Waals surface area contributed by atoms with Crippen molar-refractivity contribution in [2.75, 3.05) is 32.7 Å². The molecule has 10 amide bonds. The van der Waals surface area contributed by atoms with Crippen LogP contribution in [-0.4, -0.2) is 169 Å². The Morgan fingerprint density at radius 1 is 0.588 bits per heavy atom. The van der Waals surface area contributed by atoms with Crippen molar-refractivity contribution < 1.29 is 58.2 Å². The molecule has 2 rings (SSSR count). The number of hydrogen-bond acceptors (Lipinski definition) is 16. The van der Waals surface area contributed by atoms with Crippen molar-refractivity contribution >= 4 is 59.1 Å². The van der Waals surface area contributed by atoms with Crippen LogP contribution < -0.4 is 76.1 Å². The monoisotopic (exact) mass is 1130 g/mol. The number of carbonyl (C=O) groups is 10. The Hall–Kier alpha value is -6.32. The molecule has 1 heterocycles. The first-order valence-electron chi connectivity index (χ1n) is 28.3. The van der Waals surface area contributed by atoms with Gasteiger partial charge in [0.15, 0.2) is 0 Å². The van der Waals surface area contributed by atoms with Crippen molar-refractivity contribution in [2.24, 2.45) is 28.9 Å². The summed E-state index contributed by atoms with van der Waals surface area (Å²) in [4.78, 5) is 140. The molecule has 26 heteroatoms. The summed E-state index contributed by atoms with van der Waals surface area (Å²) < 4.78 is 0. The molecule has 452 valence electrons. The van der Waals surface area contributed by atoms with E-state index in [0.717, 1.165) is 38.5 Å². The Labute approximate surface area is 470 Å². The Morgan fingerprint density at radius 3 is 1.59 bits per heavy atom. The molecule has 1 aromatic carbocycles. The number of hydrogen-bond donors (Lipinski definition) is 16. The Morgan fingerprint density at radius 2 is 1.07 bits per heavy atom. The molecular weight excluding hydrogens is 1040 g/mol. The molecule has 0 aliphatic carbocycles. The molecule has 0 saturated carbocycles. The highest BCUT2D eigenvalue weighted by molar-refractivity contribution is 5.99. The molecule has 11 atom stereocenters. The number of carbonyl (C=O) groups excluding carboxylic acids is 10. The average molecular weight is 1130 g/mol. The van der Waals surface area contributed by atoms with Gasteiger partial charge in [0.2, 0.25) is 59.1 Å². The molecule has 20 N–H and O–H groups in total. The molecule has 26 nitrogen and oxygen atoms in total. The summed E-state index contributed by atoms with van der Waals surface area (Å²) in [6.45, 7) is 7.27. The van der Waals surface area contributed by atoms with Crippen molar-refractivity contribution in [1.82, 2.24) is 53.2 Å². The number of aliphatic hydroxyl groups is 2. The van der Waals surface area contributed by atoms with E-state index in [0.29, 0.717) is 12.0 Å². The highest BCUT2D eigenvalue weighted by Gasteiger charge is 2.37. The van der Waals surface area contributed by atoms with E-state index in [1.165, 1.54) is 20.3 Å². The van der Waals surface area contributed by atoms with Gasteiger partial charge in [-0.15, -0.1) is 0 Å². The Balaban J connectivity index is 2.64. The number of aliphatic hydroxyl groups excluding tert-OH is 2. The van der Waals surface area contributed by atoms with Crippen LogP contribution in [0.3, 0.4) is 0 Å². The third kappa shape index (κ3) is 25.9. The molecule has 0 unspecified atom stereocenters. The molecule has 0 aromatic heterocycles. The number of nitrogens with one attached hydrogen (secondary N) is 10. The van der Waals surface area contributed by atoms with Crippen molar-refractivity contribution in [3.05, 3.63) is 35.9 Å². The topological polar surface area (TPSA) is 436 Å². The van der Waals surface area contributed by atoms with Gasteiger partial charge >= 0.3 is 0 Å². The molecule has 0 radical (unpaired) electrons. The van der Waals surface area contributed by atoms with Crippen LogP contribution in [0.5, 0.6) is 0 Å². The van der Waals surface area contributed by atoms with Crippen LogP contribution in [0.15, 0.2) is 30.3 Å². The van der Waals surface area contributed by atoms with E-state index in [1.807, 2.05) is 0 Å². The number of benzene rings is 1. The predicted octanol–water partition coefficient (Wildman–Crippen LogP) is -3.15. The lowest BCUT2D eigenvalue weighted by molar-refractivity contribution is -0.136. The Kier molecular flexibility index (Phi) is 33.5. The van der Waals surface area contributed by atoms with Gasteiger partial charge < -0.3 is 86.3 Å². The fourth-order valence-electron chi connectivity index (χ4n) is 8.85. The summed E-state index contributed by atoms with van der Waals surface area (Å²) in [5.41, 5.74) is 24.1. The highest BCUT2D eigenvalue weighted by Crippen LogP contribution is 2.13. The molecule has 1 aromatic rings. The minimum absolute atomic E-state index is 0.0629. The summed E-state index contributed by atoms with van der Waals surface area (Å²) in [5, 5.41) is 47.1. The van der Waals surface area contributed by atoms with Gasteiger partial charge in [-0.1, -0.05) is 96.0 Å². The maximum atomic E-state index is 14.5. The standard InChI is InChI=1S/C54H94N14O12/c1-6-7-8-9-10-11-12-16-19-43(71)67-45(34(5)70)54(80)64-38(22-27-57)47(73)63-40-24-29-59-53(79)44(33(4)69)68-50(76)39(23-28-58)61-46(72)36(20-25-55)62-51(77)41(30-32(2)3)65-52(78)42(31-35-17-14-13-15-18-35)66-48(74)37(21-26-56)60-49(40)75/h13-15,17-18,32-34,36-42,44-45,69-70H,6-12,16,19-31,55-58H2,1-5H3,(H,59,79)(H,60,75)(H,61,72)(H,62,77)(H,63,73)(H,64,80)(H,65,78)(H,66,74)(H,67,71)(H,68,76)/t33-,34-,36+,37+,38+,39+,40+,41+,42-,44+,45+/m1/s1. The summed E-state index contributed by atoms with van der Waals surface area (Å²) in [6, 6.07) is -4.43. The number of nitrogens with two attached hydrogens (primary N) is 4. The van der Waals surface area contributed by atoms with Crippen molar-refractivity contribution in [3.8, 4) is 0 Å². The van der Waals surface area contributed by atoms with E-state index in [1.54, 1.807) is 44.2 Å². The van der Waals surface area contributed by atoms with Crippen LogP contribution >= 0.6 is 0 Å². The normalized spacial score (nSPS) is 22.9. The second-order valence-corrected chi connectivity index (χ2v) is 20.9. The van der Waals surface area contributed by atoms with Crippen LogP contribution in [0, 0.1) is 5.92 Å². The van der Waals surface area contributed by atoms with E-state index >= 15 is 0 Å². The van der Waals surface area contributed by atoms with Gasteiger partial charge in [0.05, 0.1) is 12.2 Å². The first kappa shape index (κ1) is 69.8. The second kappa shape index (κ2) is 38.3. The zero-order chi connectivity index (χ0) is 59.7. The van der Waals surface area contributed by atoms with Crippen LogP contribution in [0.4, 0.5) is 0 Å².